The molecule has 1 heterocycles. The molecular weight excluding hydrogens is 397 g/mol. The summed E-state index contributed by atoms with van der Waals surface area (Å²) < 4.78 is 0. The summed E-state index contributed by atoms with van der Waals surface area (Å²) in [6, 6.07) is 14.6. The molecule has 0 unspecified atom stereocenters. The minimum atomic E-state index is 0.427. The number of allylic oxidation sites excluding steroid dienone is 1. The van der Waals surface area contributed by atoms with Gasteiger partial charge in [-0.1, -0.05) is 34.8 Å². The van der Waals surface area contributed by atoms with E-state index in [2.05, 4.69) is 16.4 Å². The molecule has 0 amide bonds. The maximum atomic E-state index is 9.42. The molecule has 0 aliphatic carbocycles. The zero-order valence-corrected chi connectivity index (χ0v) is 15.7. The lowest BCUT2D eigenvalue weighted by atomic mass is 10.2. The summed E-state index contributed by atoms with van der Waals surface area (Å²) in [5.41, 5.74) is 2.73. The standard InChI is InChI=1S/C18H10Cl3N3S/c19-12-1-4-14(5-2-12)23-9-11(8-22)18-24-17(10-25-18)15-6-3-13(20)7-16(15)21/h1-7,9-10,23H/b11-9-. The molecule has 0 spiro atoms. The van der Waals surface area contributed by atoms with Gasteiger partial charge in [-0.15, -0.1) is 11.3 Å². The van der Waals surface area contributed by atoms with Crippen molar-refractivity contribution in [2.45, 2.75) is 0 Å². The third-order valence-corrected chi connectivity index (χ3v) is 4.96. The smallest absolute Gasteiger partial charge is 0.136 e. The Morgan fingerprint density at radius 3 is 2.48 bits per heavy atom. The normalized spacial score (nSPS) is 11.2. The zero-order chi connectivity index (χ0) is 17.8. The molecule has 1 aromatic heterocycles. The van der Waals surface area contributed by atoms with E-state index >= 15 is 0 Å². The molecular formula is C18H10Cl3N3S. The molecule has 3 aromatic rings. The summed E-state index contributed by atoms with van der Waals surface area (Å²) in [5.74, 6) is 0. The lowest BCUT2D eigenvalue weighted by Crippen LogP contribution is -1.91. The van der Waals surface area contributed by atoms with E-state index in [9.17, 15) is 5.26 Å². The Balaban J connectivity index is 1.85. The number of anilines is 1. The Hall–Kier alpha value is -2.03. The van der Waals surface area contributed by atoms with Crippen LogP contribution in [0.1, 0.15) is 5.01 Å². The zero-order valence-electron chi connectivity index (χ0n) is 12.6. The van der Waals surface area contributed by atoms with E-state index in [1.54, 1.807) is 30.5 Å². The van der Waals surface area contributed by atoms with Crippen LogP contribution in [0.25, 0.3) is 16.8 Å². The minimum absolute atomic E-state index is 0.427. The van der Waals surface area contributed by atoms with Crippen LogP contribution in [0, 0.1) is 11.3 Å². The van der Waals surface area contributed by atoms with Crippen molar-refractivity contribution in [1.82, 2.24) is 4.98 Å². The van der Waals surface area contributed by atoms with Crippen molar-refractivity contribution in [3.63, 3.8) is 0 Å². The quantitative estimate of drug-likeness (QED) is 0.488. The second-order valence-corrected chi connectivity index (χ2v) is 7.12. The van der Waals surface area contributed by atoms with Gasteiger partial charge in [-0.25, -0.2) is 4.98 Å². The van der Waals surface area contributed by atoms with E-state index in [1.165, 1.54) is 11.3 Å². The summed E-state index contributed by atoms with van der Waals surface area (Å²) in [6.07, 6.45) is 1.62. The number of hydrogen-bond acceptors (Lipinski definition) is 4. The van der Waals surface area contributed by atoms with Gasteiger partial charge in [-0.3, -0.25) is 0 Å². The molecule has 0 fully saturated rings. The molecule has 25 heavy (non-hydrogen) atoms. The van der Waals surface area contributed by atoms with Crippen LogP contribution >= 0.6 is 46.1 Å². The number of nitriles is 1. The molecule has 0 bridgehead atoms. The summed E-state index contributed by atoms with van der Waals surface area (Å²) >= 11 is 19.4. The number of aromatic nitrogens is 1. The number of thiazole rings is 1. The molecule has 0 aliphatic rings. The van der Waals surface area contributed by atoms with E-state index < -0.39 is 0 Å². The molecule has 3 rings (SSSR count). The second-order valence-electron chi connectivity index (χ2n) is 4.98. The highest BCUT2D eigenvalue weighted by Gasteiger charge is 2.11. The van der Waals surface area contributed by atoms with E-state index in [4.69, 9.17) is 34.8 Å². The lowest BCUT2D eigenvalue weighted by Gasteiger charge is -2.02. The largest absolute Gasteiger partial charge is 0.360 e. The highest BCUT2D eigenvalue weighted by Crippen LogP contribution is 2.32. The van der Waals surface area contributed by atoms with Gasteiger partial charge >= 0.3 is 0 Å². The summed E-state index contributed by atoms with van der Waals surface area (Å²) in [7, 11) is 0. The van der Waals surface area contributed by atoms with Gasteiger partial charge in [-0.05, 0) is 42.5 Å². The SMILES string of the molecule is N#C/C(=C/Nc1ccc(Cl)cc1)c1nc(-c2ccc(Cl)cc2Cl)cs1. The highest BCUT2D eigenvalue weighted by atomic mass is 35.5. The lowest BCUT2D eigenvalue weighted by molar-refractivity contribution is 1.36. The maximum Gasteiger partial charge on any atom is 0.136 e. The Morgan fingerprint density at radius 1 is 1.08 bits per heavy atom. The van der Waals surface area contributed by atoms with Crippen LogP contribution in [-0.4, -0.2) is 4.98 Å². The van der Waals surface area contributed by atoms with Gasteiger partial charge in [0.25, 0.3) is 0 Å². The fourth-order valence-electron chi connectivity index (χ4n) is 2.06. The number of halogens is 3. The Kier molecular flexibility index (Phi) is 5.62. The molecule has 3 nitrogen and oxygen atoms in total. The average molecular weight is 407 g/mol. The molecule has 0 radical (unpaired) electrons. The van der Waals surface area contributed by atoms with Crippen LogP contribution in [-0.2, 0) is 0 Å². The van der Waals surface area contributed by atoms with Crippen molar-refractivity contribution in [2.24, 2.45) is 0 Å². The Labute approximate surface area is 164 Å². The minimum Gasteiger partial charge on any atom is -0.360 e. The van der Waals surface area contributed by atoms with Crippen molar-refractivity contribution in [2.75, 3.05) is 5.32 Å². The van der Waals surface area contributed by atoms with Gasteiger partial charge < -0.3 is 5.32 Å². The molecule has 0 saturated carbocycles. The first-order chi connectivity index (χ1) is 12.1. The van der Waals surface area contributed by atoms with E-state index in [-0.39, 0.29) is 0 Å². The van der Waals surface area contributed by atoms with Crippen molar-refractivity contribution in [3.05, 3.63) is 74.1 Å². The molecule has 0 aliphatic heterocycles. The van der Waals surface area contributed by atoms with Gasteiger partial charge in [0.15, 0.2) is 0 Å². The first kappa shape index (κ1) is 17.8. The average Bonchev–Trinajstić information content (AvgIpc) is 3.06. The fraction of sp³-hybridized carbons (Fsp3) is 0. The third kappa shape index (κ3) is 4.33. The summed E-state index contributed by atoms with van der Waals surface area (Å²) in [4.78, 5) is 4.51. The fourth-order valence-corrected chi connectivity index (χ4v) is 3.48. The van der Waals surface area contributed by atoms with E-state index in [1.807, 2.05) is 23.6 Å². The number of nitrogens with zero attached hydrogens (tertiary/aromatic N) is 2. The predicted octanol–water partition coefficient (Wildman–Crippen LogP) is 6.75. The molecule has 1 N–H and O–H groups in total. The molecule has 2 aromatic carbocycles. The Morgan fingerprint density at radius 2 is 1.80 bits per heavy atom. The van der Waals surface area contributed by atoms with Crippen molar-refractivity contribution in [3.8, 4) is 17.3 Å². The molecule has 0 atom stereocenters. The number of nitrogens with one attached hydrogen (secondary N) is 1. The summed E-state index contributed by atoms with van der Waals surface area (Å²) in [6.45, 7) is 0. The van der Waals surface area contributed by atoms with Crippen LogP contribution in [0.3, 0.4) is 0 Å². The van der Waals surface area contributed by atoms with Crippen LogP contribution in [0.15, 0.2) is 54.0 Å². The Bertz CT molecular complexity index is 972. The van der Waals surface area contributed by atoms with Gasteiger partial charge in [0.1, 0.15) is 16.6 Å². The number of benzene rings is 2. The predicted molar refractivity (Wildman–Crippen MR) is 106 cm³/mol. The topological polar surface area (TPSA) is 48.7 Å². The van der Waals surface area contributed by atoms with Crippen molar-refractivity contribution >= 4 is 57.4 Å². The first-order valence-corrected chi connectivity index (χ1v) is 9.12. The van der Waals surface area contributed by atoms with Gasteiger partial charge in [0.2, 0.25) is 0 Å². The van der Waals surface area contributed by atoms with Gasteiger partial charge in [0.05, 0.1) is 10.7 Å². The third-order valence-electron chi connectivity index (χ3n) is 3.29. The molecule has 124 valence electrons. The summed E-state index contributed by atoms with van der Waals surface area (Å²) in [5, 5.41) is 16.7. The van der Waals surface area contributed by atoms with E-state index in [0.29, 0.717) is 31.3 Å². The maximum absolute atomic E-state index is 9.42. The number of hydrogen-bond donors (Lipinski definition) is 1. The first-order valence-electron chi connectivity index (χ1n) is 7.10. The van der Waals surface area contributed by atoms with Gasteiger partial charge in [-0.2, -0.15) is 5.26 Å². The van der Waals surface area contributed by atoms with Crippen LogP contribution in [0.4, 0.5) is 5.69 Å². The second kappa shape index (κ2) is 7.90. The van der Waals surface area contributed by atoms with Crippen molar-refractivity contribution < 1.29 is 0 Å². The molecule has 7 heteroatoms. The van der Waals surface area contributed by atoms with Crippen LogP contribution < -0.4 is 5.32 Å². The van der Waals surface area contributed by atoms with E-state index in [0.717, 1.165) is 11.3 Å². The highest BCUT2D eigenvalue weighted by molar-refractivity contribution is 7.11. The van der Waals surface area contributed by atoms with Crippen LogP contribution in [0.2, 0.25) is 15.1 Å². The monoisotopic (exact) mass is 405 g/mol. The van der Waals surface area contributed by atoms with Crippen LogP contribution in [0.5, 0.6) is 0 Å². The van der Waals surface area contributed by atoms with Gasteiger partial charge in [0, 0.05) is 32.9 Å². The number of rotatable bonds is 4. The van der Waals surface area contributed by atoms with Crippen molar-refractivity contribution in [1.29, 1.82) is 5.26 Å². The molecule has 0 saturated heterocycles.